The number of allylic oxidation sites excluding steroid dienone is 1. The Kier molecular flexibility index (Phi) is 2.81. The second-order valence-corrected chi connectivity index (χ2v) is 5.87. The van der Waals surface area contributed by atoms with Gasteiger partial charge >= 0.3 is 0 Å². The van der Waals surface area contributed by atoms with Crippen LogP contribution in [0.2, 0.25) is 0 Å². The van der Waals surface area contributed by atoms with E-state index in [2.05, 4.69) is 43.8 Å². The van der Waals surface area contributed by atoms with Crippen molar-refractivity contribution in [2.24, 2.45) is 11.3 Å². The number of hydrogen-bond acceptors (Lipinski definition) is 1. The van der Waals surface area contributed by atoms with Crippen molar-refractivity contribution in [1.29, 1.82) is 0 Å². The van der Waals surface area contributed by atoms with Crippen LogP contribution in [0.1, 0.15) is 18.9 Å². The lowest BCUT2D eigenvalue weighted by Crippen LogP contribution is -2.28. The third-order valence-corrected chi connectivity index (χ3v) is 4.51. The smallest absolute Gasteiger partial charge is 0.245 e. The molecule has 1 aliphatic carbocycles. The summed E-state index contributed by atoms with van der Waals surface area (Å²) >= 11 is 0. The molecule has 98 valence electrons. The van der Waals surface area contributed by atoms with Crippen molar-refractivity contribution in [2.75, 3.05) is 13.1 Å². The van der Waals surface area contributed by atoms with Gasteiger partial charge in [-0.3, -0.25) is 4.79 Å². The first-order chi connectivity index (χ1) is 9.12. The first-order valence-electron chi connectivity index (χ1n) is 6.81. The van der Waals surface area contributed by atoms with Gasteiger partial charge < -0.3 is 4.90 Å². The molecule has 0 bridgehead atoms. The molecule has 1 aromatic carbocycles. The molecule has 1 saturated heterocycles. The minimum atomic E-state index is 0.0605. The molecule has 19 heavy (non-hydrogen) atoms. The summed E-state index contributed by atoms with van der Waals surface area (Å²) < 4.78 is 0. The first kappa shape index (κ1) is 12.2. The first-order valence-corrected chi connectivity index (χ1v) is 6.81. The van der Waals surface area contributed by atoms with E-state index in [1.165, 1.54) is 17.2 Å². The molecule has 1 aromatic rings. The monoisotopic (exact) mass is 253 g/mol. The van der Waals surface area contributed by atoms with Crippen molar-refractivity contribution in [3.05, 3.63) is 54.6 Å². The Morgan fingerprint density at radius 1 is 1.42 bits per heavy atom. The van der Waals surface area contributed by atoms with Crippen LogP contribution in [0.15, 0.2) is 49.1 Å². The summed E-state index contributed by atoms with van der Waals surface area (Å²) in [5, 5.41) is 0. The van der Waals surface area contributed by atoms with E-state index in [1.807, 2.05) is 11.0 Å². The second-order valence-electron chi connectivity index (χ2n) is 5.87. The summed E-state index contributed by atoms with van der Waals surface area (Å²) in [7, 11) is 0. The quantitative estimate of drug-likeness (QED) is 0.742. The van der Waals surface area contributed by atoms with Crippen LogP contribution < -0.4 is 0 Å². The van der Waals surface area contributed by atoms with E-state index in [0.717, 1.165) is 19.5 Å². The van der Waals surface area contributed by atoms with Crippen LogP contribution >= 0.6 is 0 Å². The number of rotatable bonds is 2. The summed E-state index contributed by atoms with van der Waals surface area (Å²) in [6, 6.07) is 10.6. The lowest BCUT2D eigenvalue weighted by Gasteiger charge is -2.20. The maximum absolute atomic E-state index is 11.7. The number of likely N-dealkylation sites (tertiary alicyclic amines) is 1. The van der Waals surface area contributed by atoms with Gasteiger partial charge in [-0.05, 0) is 29.6 Å². The highest BCUT2D eigenvalue weighted by atomic mass is 16.2. The molecule has 1 amide bonds. The van der Waals surface area contributed by atoms with Gasteiger partial charge in [0.2, 0.25) is 5.91 Å². The molecule has 2 aliphatic rings. The van der Waals surface area contributed by atoms with Crippen molar-refractivity contribution in [2.45, 2.75) is 13.3 Å². The van der Waals surface area contributed by atoms with E-state index < -0.39 is 0 Å². The molecule has 1 aliphatic heterocycles. The molecule has 1 heterocycles. The Labute approximate surface area is 114 Å². The van der Waals surface area contributed by atoms with Crippen LogP contribution in [0.25, 0.3) is 5.57 Å². The topological polar surface area (TPSA) is 20.3 Å². The van der Waals surface area contributed by atoms with Gasteiger partial charge in [0.05, 0.1) is 0 Å². The number of benzene rings is 1. The van der Waals surface area contributed by atoms with Gasteiger partial charge in [0.1, 0.15) is 0 Å². The minimum Gasteiger partial charge on any atom is -0.338 e. The average Bonchev–Trinajstić information content (AvgIpc) is 2.90. The maximum atomic E-state index is 11.7. The van der Waals surface area contributed by atoms with Gasteiger partial charge in [0.25, 0.3) is 0 Å². The number of hydrogen-bond donors (Lipinski definition) is 0. The van der Waals surface area contributed by atoms with Gasteiger partial charge in [0, 0.05) is 18.5 Å². The van der Waals surface area contributed by atoms with Gasteiger partial charge in [-0.25, -0.2) is 0 Å². The summed E-state index contributed by atoms with van der Waals surface area (Å²) in [5.74, 6) is 0.608. The molecule has 1 fully saturated rings. The zero-order valence-electron chi connectivity index (χ0n) is 11.3. The van der Waals surface area contributed by atoms with Gasteiger partial charge in [0.15, 0.2) is 0 Å². The molecule has 0 spiro atoms. The fraction of sp³-hybridized carbons (Fsp3) is 0.353. The van der Waals surface area contributed by atoms with Gasteiger partial charge in [-0.1, -0.05) is 49.9 Å². The number of nitrogens with zero attached hydrogens (tertiary/aromatic N) is 1. The molecular weight excluding hydrogens is 234 g/mol. The molecule has 0 saturated carbocycles. The molecule has 2 nitrogen and oxygen atoms in total. The predicted molar refractivity (Wildman–Crippen MR) is 77.4 cm³/mol. The molecule has 2 heteroatoms. The Morgan fingerprint density at radius 2 is 2.16 bits per heavy atom. The molecule has 3 rings (SSSR count). The Balaban J connectivity index is 1.84. The zero-order valence-corrected chi connectivity index (χ0v) is 11.3. The number of carbonyl (C=O) groups is 1. The fourth-order valence-electron chi connectivity index (χ4n) is 3.41. The van der Waals surface area contributed by atoms with Crippen LogP contribution in [0.4, 0.5) is 0 Å². The lowest BCUT2D eigenvalue weighted by atomic mass is 9.83. The summed E-state index contributed by atoms with van der Waals surface area (Å²) in [6.45, 7) is 7.52. The average molecular weight is 253 g/mol. The fourth-order valence-corrected chi connectivity index (χ4v) is 3.41. The van der Waals surface area contributed by atoms with Gasteiger partial charge in [-0.15, -0.1) is 0 Å². The standard InChI is InChI=1S/C17H19NO/c1-3-16(19)18-11-15-9-14(10-17(15,2)12-18)13-7-5-4-6-8-13/h3-8,10,15H,1,9,11-12H2,2H3/t15?,17-/m0/s1. The normalized spacial score (nSPS) is 29.0. The van der Waals surface area contributed by atoms with Crippen molar-refractivity contribution in [3.8, 4) is 0 Å². The van der Waals surface area contributed by atoms with Crippen molar-refractivity contribution in [3.63, 3.8) is 0 Å². The summed E-state index contributed by atoms with van der Waals surface area (Å²) in [5.41, 5.74) is 2.88. The maximum Gasteiger partial charge on any atom is 0.245 e. The third kappa shape index (κ3) is 2.01. The third-order valence-electron chi connectivity index (χ3n) is 4.51. The minimum absolute atomic E-state index is 0.0605. The van der Waals surface area contributed by atoms with Gasteiger partial charge in [-0.2, -0.15) is 0 Å². The van der Waals surface area contributed by atoms with Crippen molar-refractivity contribution in [1.82, 2.24) is 4.90 Å². The number of fused-ring (bicyclic) bond motifs is 1. The highest BCUT2D eigenvalue weighted by Gasteiger charge is 2.46. The second kappa shape index (κ2) is 4.37. The van der Waals surface area contributed by atoms with E-state index >= 15 is 0 Å². The highest BCUT2D eigenvalue weighted by molar-refractivity contribution is 5.87. The number of amides is 1. The predicted octanol–water partition coefficient (Wildman–Crippen LogP) is 3.12. The Bertz CT molecular complexity index is 546. The molecular formula is C17H19NO. The van der Waals surface area contributed by atoms with Crippen LogP contribution in [0.5, 0.6) is 0 Å². The van der Waals surface area contributed by atoms with E-state index in [0.29, 0.717) is 5.92 Å². The van der Waals surface area contributed by atoms with Crippen molar-refractivity contribution < 1.29 is 4.79 Å². The molecule has 0 radical (unpaired) electrons. The lowest BCUT2D eigenvalue weighted by molar-refractivity contribution is -0.125. The molecule has 2 atom stereocenters. The van der Waals surface area contributed by atoms with E-state index in [4.69, 9.17) is 0 Å². The molecule has 0 aromatic heterocycles. The number of carbonyl (C=O) groups excluding carboxylic acids is 1. The Hall–Kier alpha value is -1.83. The summed E-state index contributed by atoms with van der Waals surface area (Å²) in [4.78, 5) is 13.7. The SMILES string of the molecule is C=CC(=O)N1CC2CC(c3ccccc3)=C[C@@]2(C)C1. The summed E-state index contributed by atoms with van der Waals surface area (Å²) in [6.07, 6.45) is 4.87. The van der Waals surface area contributed by atoms with E-state index in [1.54, 1.807) is 0 Å². The van der Waals surface area contributed by atoms with Crippen LogP contribution in [-0.2, 0) is 4.79 Å². The molecule has 0 N–H and O–H groups in total. The van der Waals surface area contributed by atoms with Crippen LogP contribution in [-0.4, -0.2) is 23.9 Å². The molecule has 1 unspecified atom stereocenters. The van der Waals surface area contributed by atoms with Crippen LogP contribution in [0.3, 0.4) is 0 Å². The largest absolute Gasteiger partial charge is 0.338 e. The van der Waals surface area contributed by atoms with Crippen LogP contribution in [0, 0.1) is 11.3 Å². The van der Waals surface area contributed by atoms with E-state index in [9.17, 15) is 4.79 Å². The zero-order chi connectivity index (χ0) is 13.5. The van der Waals surface area contributed by atoms with E-state index in [-0.39, 0.29) is 11.3 Å². The Morgan fingerprint density at radius 3 is 2.79 bits per heavy atom. The van der Waals surface area contributed by atoms with Crippen molar-refractivity contribution >= 4 is 11.5 Å². The highest BCUT2D eigenvalue weighted by Crippen LogP contribution is 2.49.